The molecule has 1 aliphatic heterocycles. The van der Waals surface area contributed by atoms with Gasteiger partial charge in [-0.05, 0) is 23.8 Å². The van der Waals surface area contributed by atoms with Crippen LogP contribution >= 0.6 is 0 Å². The smallest absolute Gasteiger partial charge is 0.231 e. The quantitative estimate of drug-likeness (QED) is 0.685. The second-order valence-corrected chi connectivity index (χ2v) is 5.97. The third-order valence-electron chi connectivity index (χ3n) is 4.18. The van der Waals surface area contributed by atoms with Gasteiger partial charge in [-0.15, -0.1) is 0 Å². The molecule has 0 bridgehead atoms. The van der Waals surface area contributed by atoms with Gasteiger partial charge in [-0.25, -0.2) is 0 Å². The van der Waals surface area contributed by atoms with Gasteiger partial charge in [0.25, 0.3) is 0 Å². The maximum Gasteiger partial charge on any atom is 0.231 e. The van der Waals surface area contributed by atoms with Crippen molar-refractivity contribution >= 4 is 16.8 Å². The Balaban J connectivity index is 1.21. The fourth-order valence-electron chi connectivity index (χ4n) is 2.86. The number of H-pyrrole nitrogens is 1. The van der Waals surface area contributed by atoms with Crippen LogP contribution in [0.3, 0.4) is 0 Å². The monoisotopic (exact) mass is 362 g/mol. The molecule has 0 atom stereocenters. The molecule has 0 saturated carbocycles. The molecule has 1 amide bonds. The summed E-state index contributed by atoms with van der Waals surface area (Å²) in [6, 6.07) is 13.3. The minimum atomic E-state index is -0.0641. The Morgan fingerprint density at radius 3 is 3.00 bits per heavy atom. The summed E-state index contributed by atoms with van der Waals surface area (Å²) in [4.78, 5) is 15.2. The Morgan fingerprint density at radius 2 is 2.04 bits per heavy atom. The number of para-hydroxylation sites is 1. The lowest BCUT2D eigenvalue weighted by Crippen LogP contribution is -2.25. The van der Waals surface area contributed by atoms with Crippen molar-refractivity contribution in [2.24, 2.45) is 0 Å². The minimum absolute atomic E-state index is 0.0641. The predicted molar refractivity (Wildman–Crippen MR) is 101 cm³/mol. The van der Waals surface area contributed by atoms with E-state index in [1.54, 1.807) is 18.2 Å². The maximum atomic E-state index is 12.1. The number of fused-ring (bicyclic) bond motifs is 2. The van der Waals surface area contributed by atoms with Gasteiger partial charge < -0.3 is 24.5 Å². The number of hydrogen-bond acceptors (Lipinski definition) is 4. The third-order valence-corrected chi connectivity index (χ3v) is 4.18. The number of amides is 1. The van der Waals surface area contributed by atoms with Gasteiger partial charge in [0.2, 0.25) is 12.7 Å². The summed E-state index contributed by atoms with van der Waals surface area (Å²) in [5, 5.41) is 3.87. The Morgan fingerprint density at radius 1 is 1.15 bits per heavy atom. The van der Waals surface area contributed by atoms with E-state index in [0.29, 0.717) is 23.7 Å². The molecule has 4 rings (SSSR count). The van der Waals surface area contributed by atoms with Crippen molar-refractivity contribution in [1.29, 1.82) is 0 Å². The highest BCUT2D eigenvalue weighted by Crippen LogP contribution is 2.34. The topological polar surface area (TPSA) is 72.6 Å². The Labute approximate surface area is 156 Å². The predicted octanol–water partition coefficient (Wildman–Crippen LogP) is 2.64. The van der Waals surface area contributed by atoms with E-state index in [2.05, 4.69) is 22.1 Å². The zero-order valence-corrected chi connectivity index (χ0v) is 14.6. The molecular formula is C21H18N2O4. The first-order valence-electron chi connectivity index (χ1n) is 8.59. The summed E-state index contributed by atoms with van der Waals surface area (Å²) in [6.07, 6.45) is 2.19. The highest BCUT2D eigenvalue weighted by atomic mass is 16.7. The third kappa shape index (κ3) is 3.98. The van der Waals surface area contributed by atoms with E-state index in [1.165, 1.54) is 0 Å². The molecule has 6 nitrogen and oxygen atoms in total. The molecule has 0 saturated heterocycles. The Bertz CT molecular complexity index is 1030. The number of nitrogens with one attached hydrogen (secondary N) is 2. The zero-order valence-electron chi connectivity index (χ0n) is 14.6. The molecule has 2 N–H and O–H groups in total. The molecule has 0 fully saturated rings. The lowest BCUT2D eigenvalue weighted by atomic mass is 10.1. The number of ether oxygens (including phenoxy) is 3. The number of rotatable bonds is 5. The van der Waals surface area contributed by atoms with E-state index in [1.807, 2.05) is 30.5 Å². The largest absolute Gasteiger partial charge is 0.481 e. The molecule has 0 radical (unpaired) electrons. The zero-order chi connectivity index (χ0) is 18.5. The average Bonchev–Trinajstić information content (AvgIpc) is 3.31. The van der Waals surface area contributed by atoms with Gasteiger partial charge in [0, 0.05) is 23.2 Å². The van der Waals surface area contributed by atoms with E-state index < -0.39 is 0 Å². The van der Waals surface area contributed by atoms with Crippen LogP contribution in [0.5, 0.6) is 17.2 Å². The number of benzene rings is 2. The first kappa shape index (κ1) is 16.9. The summed E-state index contributed by atoms with van der Waals surface area (Å²) >= 11 is 0. The lowest BCUT2D eigenvalue weighted by Gasteiger charge is -2.03. The van der Waals surface area contributed by atoms with Crippen molar-refractivity contribution in [2.75, 3.05) is 19.9 Å². The second-order valence-electron chi connectivity index (χ2n) is 5.97. The van der Waals surface area contributed by atoms with E-state index in [9.17, 15) is 4.79 Å². The van der Waals surface area contributed by atoms with Crippen LogP contribution in [0, 0.1) is 11.8 Å². The van der Waals surface area contributed by atoms with Crippen LogP contribution < -0.4 is 19.5 Å². The van der Waals surface area contributed by atoms with E-state index >= 15 is 0 Å². The van der Waals surface area contributed by atoms with Crippen molar-refractivity contribution in [3.8, 4) is 29.1 Å². The number of carbonyl (C=O) groups excluding carboxylic acids is 1. The number of hydrogen-bond donors (Lipinski definition) is 2. The highest BCUT2D eigenvalue weighted by Gasteiger charge is 2.13. The molecule has 27 heavy (non-hydrogen) atoms. The van der Waals surface area contributed by atoms with Crippen LogP contribution in [0.1, 0.15) is 5.56 Å². The molecule has 2 heterocycles. The number of aromatic amines is 1. The molecule has 3 aromatic rings. The van der Waals surface area contributed by atoms with Crippen molar-refractivity contribution in [3.63, 3.8) is 0 Å². The van der Waals surface area contributed by atoms with E-state index in [0.717, 1.165) is 16.5 Å². The molecule has 0 unspecified atom stereocenters. The molecular weight excluding hydrogens is 344 g/mol. The maximum absolute atomic E-state index is 12.1. The van der Waals surface area contributed by atoms with Crippen LogP contribution in [0.4, 0.5) is 0 Å². The molecule has 0 aliphatic carbocycles. The van der Waals surface area contributed by atoms with Gasteiger partial charge >= 0.3 is 0 Å². The van der Waals surface area contributed by atoms with Crippen LogP contribution in [-0.4, -0.2) is 30.8 Å². The molecule has 1 aliphatic rings. The number of carbonyl (C=O) groups is 1. The van der Waals surface area contributed by atoms with E-state index in [4.69, 9.17) is 14.2 Å². The van der Waals surface area contributed by atoms with Gasteiger partial charge in [0.1, 0.15) is 12.4 Å². The Hall–Kier alpha value is -3.59. The van der Waals surface area contributed by atoms with E-state index in [-0.39, 0.29) is 25.9 Å². The fourth-order valence-corrected chi connectivity index (χ4v) is 2.86. The van der Waals surface area contributed by atoms with Crippen molar-refractivity contribution in [3.05, 3.63) is 54.2 Å². The minimum Gasteiger partial charge on any atom is -0.481 e. The van der Waals surface area contributed by atoms with Crippen molar-refractivity contribution in [1.82, 2.24) is 10.3 Å². The molecule has 0 spiro atoms. The normalized spacial score (nSPS) is 11.7. The van der Waals surface area contributed by atoms with Crippen molar-refractivity contribution in [2.45, 2.75) is 6.42 Å². The average molecular weight is 362 g/mol. The van der Waals surface area contributed by atoms with Gasteiger partial charge in [-0.1, -0.05) is 30.0 Å². The van der Waals surface area contributed by atoms with Crippen LogP contribution in [0.2, 0.25) is 0 Å². The number of aromatic nitrogens is 1. The summed E-state index contributed by atoms with van der Waals surface area (Å²) in [5.74, 6) is 7.75. The highest BCUT2D eigenvalue weighted by molar-refractivity contribution is 5.88. The van der Waals surface area contributed by atoms with Crippen LogP contribution in [0.25, 0.3) is 10.9 Å². The molecule has 1 aromatic heterocycles. The standard InChI is InChI=1S/C21H18N2O4/c24-21(11-15-13-23-18-6-2-1-5-17(15)18)22-9-3-4-10-25-16-7-8-19-20(12-16)27-14-26-19/h1-2,5-8,12-13,23H,9-11,14H2,(H,22,24). The summed E-state index contributed by atoms with van der Waals surface area (Å²) in [7, 11) is 0. The summed E-state index contributed by atoms with van der Waals surface area (Å²) in [6.45, 7) is 0.750. The molecule has 2 aromatic carbocycles. The van der Waals surface area contributed by atoms with Gasteiger partial charge in [-0.2, -0.15) is 0 Å². The summed E-state index contributed by atoms with van der Waals surface area (Å²) < 4.78 is 16.1. The first-order chi connectivity index (χ1) is 13.3. The van der Waals surface area contributed by atoms with Crippen LogP contribution in [-0.2, 0) is 11.2 Å². The van der Waals surface area contributed by atoms with Gasteiger partial charge in [0.05, 0.1) is 13.0 Å². The second kappa shape index (κ2) is 7.75. The fraction of sp³-hybridized carbons (Fsp3) is 0.190. The molecule has 136 valence electrons. The molecule has 6 heteroatoms. The Kier molecular flexibility index (Phi) is 4.84. The summed E-state index contributed by atoms with van der Waals surface area (Å²) in [5.41, 5.74) is 2.00. The first-order valence-corrected chi connectivity index (χ1v) is 8.59. The lowest BCUT2D eigenvalue weighted by molar-refractivity contribution is -0.120. The van der Waals surface area contributed by atoms with Crippen molar-refractivity contribution < 1.29 is 19.0 Å². The van der Waals surface area contributed by atoms with Crippen LogP contribution in [0.15, 0.2) is 48.7 Å². The van der Waals surface area contributed by atoms with Gasteiger partial charge in [-0.3, -0.25) is 4.79 Å². The van der Waals surface area contributed by atoms with Gasteiger partial charge in [0.15, 0.2) is 11.5 Å². The SMILES string of the molecule is O=C(Cc1c[nH]c2ccccc12)NCC#CCOc1ccc2c(c1)OCO2.